The topological polar surface area (TPSA) is 42.7 Å². The number of anilines is 1. The van der Waals surface area contributed by atoms with Gasteiger partial charge in [-0.25, -0.2) is 8.78 Å². The third-order valence-electron chi connectivity index (χ3n) is 2.28. The van der Waals surface area contributed by atoms with E-state index in [4.69, 9.17) is 0 Å². The first-order valence-electron chi connectivity index (χ1n) is 5.31. The van der Waals surface area contributed by atoms with Crippen molar-refractivity contribution in [2.24, 2.45) is 0 Å². The van der Waals surface area contributed by atoms with Gasteiger partial charge in [-0.15, -0.1) is 0 Å². The van der Waals surface area contributed by atoms with Gasteiger partial charge in [-0.2, -0.15) is 14.5 Å². The van der Waals surface area contributed by atoms with Crippen LogP contribution in [0.25, 0.3) is 0 Å². The van der Waals surface area contributed by atoms with E-state index in [1.807, 2.05) is 13.1 Å². The summed E-state index contributed by atoms with van der Waals surface area (Å²) in [5.41, 5.74) is 1.01. The molecule has 96 valence electrons. The van der Waals surface area contributed by atoms with E-state index in [0.717, 1.165) is 5.56 Å². The number of pyridine rings is 1. The van der Waals surface area contributed by atoms with E-state index in [2.05, 4.69) is 15.4 Å². The second kappa shape index (κ2) is 5.07. The molecule has 0 saturated carbocycles. The van der Waals surface area contributed by atoms with Crippen LogP contribution in [-0.2, 0) is 6.54 Å². The van der Waals surface area contributed by atoms with Gasteiger partial charge in [-0.1, -0.05) is 0 Å². The molecule has 0 aromatic carbocycles. The minimum atomic E-state index is -1.33. The minimum Gasteiger partial charge on any atom is -0.366 e. The van der Waals surface area contributed by atoms with E-state index in [0.29, 0.717) is 19.2 Å². The van der Waals surface area contributed by atoms with Gasteiger partial charge in [0.2, 0.25) is 0 Å². The summed E-state index contributed by atoms with van der Waals surface area (Å²) in [4.78, 5) is 3.15. The van der Waals surface area contributed by atoms with Gasteiger partial charge in [0.25, 0.3) is 5.95 Å². The number of hydrogen-bond donors (Lipinski definition) is 1. The number of halogens is 3. The Labute approximate surface area is 101 Å². The van der Waals surface area contributed by atoms with Crippen LogP contribution < -0.4 is 5.32 Å². The average Bonchev–Trinajstić information content (AvgIpc) is 2.71. The highest BCUT2D eigenvalue weighted by molar-refractivity contribution is 5.35. The van der Waals surface area contributed by atoms with Crippen molar-refractivity contribution < 1.29 is 13.2 Å². The Morgan fingerprint density at radius 2 is 2.06 bits per heavy atom. The molecule has 4 nitrogen and oxygen atoms in total. The molecule has 0 amide bonds. The molecule has 0 radical (unpaired) electrons. The average molecular weight is 256 g/mol. The molecular formula is C11H11F3N4. The van der Waals surface area contributed by atoms with E-state index in [9.17, 15) is 13.2 Å². The molecule has 0 aliphatic carbocycles. The maximum Gasteiger partial charge on any atom is 0.251 e. The molecule has 0 fully saturated rings. The second-order valence-corrected chi connectivity index (χ2v) is 3.80. The molecular weight excluding hydrogens is 245 g/mol. The highest BCUT2D eigenvalue weighted by Crippen LogP contribution is 2.13. The van der Waals surface area contributed by atoms with Crippen LogP contribution in [0.1, 0.15) is 5.56 Å². The van der Waals surface area contributed by atoms with Crippen LogP contribution in [0, 0.1) is 24.5 Å². The molecule has 0 aliphatic rings. The first kappa shape index (κ1) is 12.4. The van der Waals surface area contributed by atoms with Gasteiger partial charge in [-0.3, -0.25) is 4.68 Å². The molecule has 2 heterocycles. The third-order valence-corrected chi connectivity index (χ3v) is 2.28. The van der Waals surface area contributed by atoms with Crippen molar-refractivity contribution in [3.8, 4) is 0 Å². The Hall–Kier alpha value is -2.05. The number of aryl methyl sites for hydroxylation is 1. The fraction of sp³-hybridized carbons (Fsp3) is 0.273. The highest BCUT2D eigenvalue weighted by atomic mass is 19.2. The molecule has 0 bridgehead atoms. The monoisotopic (exact) mass is 256 g/mol. The Bertz CT molecular complexity index is 553. The van der Waals surface area contributed by atoms with E-state index < -0.39 is 17.6 Å². The normalized spacial score (nSPS) is 10.7. The van der Waals surface area contributed by atoms with Crippen LogP contribution in [0.5, 0.6) is 0 Å². The second-order valence-electron chi connectivity index (χ2n) is 3.80. The van der Waals surface area contributed by atoms with Crippen LogP contribution in [-0.4, -0.2) is 21.3 Å². The van der Waals surface area contributed by atoms with E-state index >= 15 is 0 Å². The summed E-state index contributed by atoms with van der Waals surface area (Å²) < 4.78 is 40.3. The number of rotatable bonds is 4. The largest absolute Gasteiger partial charge is 0.366 e. The van der Waals surface area contributed by atoms with Crippen LogP contribution >= 0.6 is 0 Å². The minimum absolute atomic E-state index is 0.302. The predicted octanol–water partition coefficient (Wildman–Crippen LogP) is 2.12. The van der Waals surface area contributed by atoms with Gasteiger partial charge in [0.15, 0.2) is 17.5 Å². The number of nitrogens with one attached hydrogen (secondary N) is 1. The summed E-state index contributed by atoms with van der Waals surface area (Å²) in [7, 11) is 0. The lowest BCUT2D eigenvalue weighted by atomic mass is 10.4. The molecule has 2 aromatic rings. The summed E-state index contributed by atoms with van der Waals surface area (Å²) >= 11 is 0. The van der Waals surface area contributed by atoms with E-state index in [-0.39, 0.29) is 5.82 Å². The number of nitrogens with zero attached hydrogens (tertiary/aromatic N) is 3. The first-order valence-corrected chi connectivity index (χ1v) is 5.31. The van der Waals surface area contributed by atoms with Crippen molar-refractivity contribution in [1.82, 2.24) is 14.8 Å². The molecule has 18 heavy (non-hydrogen) atoms. The zero-order chi connectivity index (χ0) is 13.1. The zero-order valence-electron chi connectivity index (χ0n) is 9.62. The van der Waals surface area contributed by atoms with Crippen molar-refractivity contribution >= 4 is 5.82 Å². The van der Waals surface area contributed by atoms with Crippen LogP contribution in [0.3, 0.4) is 0 Å². The molecule has 0 saturated heterocycles. The third kappa shape index (κ3) is 2.79. The molecule has 0 unspecified atom stereocenters. The van der Waals surface area contributed by atoms with Crippen molar-refractivity contribution in [3.05, 3.63) is 41.6 Å². The van der Waals surface area contributed by atoms with Crippen LogP contribution in [0.2, 0.25) is 0 Å². The van der Waals surface area contributed by atoms with Crippen molar-refractivity contribution in [2.45, 2.75) is 13.5 Å². The lowest BCUT2D eigenvalue weighted by Crippen LogP contribution is -2.13. The summed E-state index contributed by atoms with van der Waals surface area (Å²) in [5.74, 6) is -3.86. The van der Waals surface area contributed by atoms with Crippen LogP contribution in [0.15, 0.2) is 18.5 Å². The smallest absolute Gasteiger partial charge is 0.251 e. The number of aromatic nitrogens is 3. The molecule has 2 aromatic heterocycles. The van der Waals surface area contributed by atoms with Gasteiger partial charge >= 0.3 is 0 Å². The molecule has 0 spiro atoms. The quantitative estimate of drug-likeness (QED) is 0.852. The SMILES string of the molecule is Cc1cnn(CCNc2nc(F)c(F)cc2F)c1. The standard InChI is InChI=1S/C11H11F3N4/c1-7-5-16-18(6-7)3-2-15-11-9(13)4-8(12)10(14)17-11/h4-6H,2-3H2,1H3,(H,15,17). The first-order chi connectivity index (χ1) is 8.56. The highest BCUT2D eigenvalue weighted by Gasteiger charge is 2.10. The molecule has 0 aliphatic heterocycles. The van der Waals surface area contributed by atoms with Gasteiger partial charge in [0.05, 0.1) is 12.7 Å². The Morgan fingerprint density at radius 1 is 1.28 bits per heavy atom. The van der Waals surface area contributed by atoms with Crippen LogP contribution in [0.4, 0.5) is 19.0 Å². The molecule has 7 heteroatoms. The van der Waals surface area contributed by atoms with Gasteiger partial charge in [0.1, 0.15) is 0 Å². The Balaban J connectivity index is 1.96. The summed E-state index contributed by atoms with van der Waals surface area (Å²) in [6, 6.07) is 0.461. The predicted molar refractivity (Wildman–Crippen MR) is 59.6 cm³/mol. The van der Waals surface area contributed by atoms with E-state index in [1.54, 1.807) is 10.9 Å². The van der Waals surface area contributed by atoms with Crippen molar-refractivity contribution in [1.29, 1.82) is 0 Å². The number of hydrogen-bond acceptors (Lipinski definition) is 3. The fourth-order valence-electron chi connectivity index (χ4n) is 1.45. The lowest BCUT2D eigenvalue weighted by Gasteiger charge is -2.07. The van der Waals surface area contributed by atoms with Gasteiger partial charge in [-0.05, 0) is 12.5 Å². The maximum atomic E-state index is 13.2. The summed E-state index contributed by atoms with van der Waals surface area (Å²) in [6.45, 7) is 2.66. The maximum absolute atomic E-state index is 13.2. The zero-order valence-corrected chi connectivity index (χ0v) is 9.62. The Morgan fingerprint density at radius 3 is 2.72 bits per heavy atom. The molecule has 1 N–H and O–H groups in total. The summed E-state index contributed by atoms with van der Waals surface area (Å²) in [5, 5.41) is 6.61. The fourth-order valence-corrected chi connectivity index (χ4v) is 1.45. The van der Waals surface area contributed by atoms with Gasteiger partial charge < -0.3 is 5.32 Å². The molecule has 2 rings (SSSR count). The molecule has 0 atom stereocenters. The Kier molecular flexibility index (Phi) is 3.50. The van der Waals surface area contributed by atoms with Crippen molar-refractivity contribution in [3.63, 3.8) is 0 Å². The van der Waals surface area contributed by atoms with E-state index in [1.165, 1.54) is 0 Å². The van der Waals surface area contributed by atoms with Crippen molar-refractivity contribution in [2.75, 3.05) is 11.9 Å². The summed E-state index contributed by atoms with van der Waals surface area (Å²) in [6.07, 6.45) is 3.51. The lowest BCUT2D eigenvalue weighted by molar-refractivity contribution is 0.466. The van der Waals surface area contributed by atoms with Gasteiger partial charge in [0, 0.05) is 18.8 Å².